The number of fused-ring (bicyclic) bond motifs is 1. The number of rotatable bonds is 5. The maximum Gasteiger partial charge on any atom is 0.161 e. The first kappa shape index (κ1) is 14.6. The first-order valence-electron chi connectivity index (χ1n) is 7.25. The van der Waals surface area contributed by atoms with Crippen LogP contribution in [0, 0.1) is 0 Å². The second kappa shape index (κ2) is 6.19. The van der Waals surface area contributed by atoms with Gasteiger partial charge in [-0.2, -0.15) is 0 Å². The lowest BCUT2D eigenvalue weighted by Gasteiger charge is -2.23. The van der Waals surface area contributed by atoms with E-state index in [1.54, 1.807) is 6.07 Å². The van der Waals surface area contributed by atoms with Gasteiger partial charge in [0.1, 0.15) is 18.8 Å². The first-order chi connectivity index (χ1) is 10.2. The Kier molecular flexibility index (Phi) is 4.30. The Morgan fingerprint density at radius 1 is 1.19 bits per heavy atom. The minimum absolute atomic E-state index is 0.347. The van der Waals surface area contributed by atoms with Gasteiger partial charge in [-0.15, -0.1) is 0 Å². The third kappa shape index (κ3) is 3.47. The molecular weight excluding hydrogens is 274 g/mol. The van der Waals surface area contributed by atoms with E-state index in [-0.39, 0.29) is 0 Å². The topological polar surface area (TPSA) is 80.2 Å². The number of hydrogen-bond acceptors (Lipinski definition) is 6. The van der Waals surface area contributed by atoms with Crippen molar-refractivity contribution in [3.63, 3.8) is 0 Å². The van der Waals surface area contributed by atoms with Crippen LogP contribution >= 0.6 is 0 Å². The Balaban J connectivity index is 1.54. The van der Waals surface area contributed by atoms with Crippen LogP contribution in [0.15, 0.2) is 18.2 Å². The van der Waals surface area contributed by atoms with Gasteiger partial charge in [0.2, 0.25) is 0 Å². The molecule has 0 bridgehead atoms. The summed E-state index contributed by atoms with van der Waals surface area (Å²) in [7, 11) is 0. The molecule has 0 spiro atoms. The lowest BCUT2D eigenvalue weighted by molar-refractivity contribution is 0.0244. The molecule has 2 atom stereocenters. The predicted octanol–water partition coefficient (Wildman–Crippen LogP) is 0.232. The summed E-state index contributed by atoms with van der Waals surface area (Å²) in [6.07, 6.45) is -0.0353. The van der Waals surface area contributed by atoms with Gasteiger partial charge in [0, 0.05) is 26.1 Å². The molecule has 0 radical (unpaired) electrons. The summed E-state index contributed by atoms with van der Waals surface area (Å²) in [5.41, 5.74) is -0.0478. The number of hydrogen-bond donors (Lipinski definition) is 3. The molecule has 0 aliphatic carbocycles. The van der Waals surface area contributed by atoms with E-state index in [0.29, 0.717) is 57.4 Å². The van der Waals surface area contributed by atoms with Crippen LogP contribution < -0.4 is 14.8 Å². The van der Waals surface area contributed by atoms with Crippen molar-refractivity contribution >= 4 is 0 Å². The highest BCUT2D eigenvalue weighted by Gasteiger charge is 2.31. The standard InChI is InChI=1S/C15H21NO5/c17-12(8-16-9-15(18)3-4-19-10-15)11-1-2-13-14(7-11)21-6-5-20-13/h1-2,7,12,16-18H,3-6,8-10H2. The number of ether oxygens (including phenoxy) is 3. The molecule has 2 aliphatic rings. The largest absolute Gasteiger partial charge is 0.486 e. The fraction of sp³-hybridized carbons (Fsp3) is 0.600. The highest BCUT2D eigenvalue weighted by Crippen LogP contribution is 2.32. The molecule has 1 saturated heterocycles. The van der Waals surface area contributed by atoms with E-state index < -0.39 is 11.7 Å². The van der Waals surface area contributed by atoms with Gasteiger partial charge in [0.25, 0.3) is 0 Å². The molecule has 3 N–H and O–H groups in total. The number of nitrogens with one attached hydrogen (secondary N) is 1. The highest BCUT2D eigenvalue weighted by molar-refractivity contribution is 5.44. The fourth-order valence-electron chi connectivity index (χ4n) is 2.56. The molecule has 0 amide bonds. The van der Waals surface area contributed by atoms with Crippen molar-refractivity contribution in [2.24, 2.45) is 0 Å². The van der Waals surface area contributed by atoms with Gasteiger partial charge >= 0.3 is 0 Å². The SMILES string of the molecule is OC(CNCC1(O)CCOC1)c1ccc2c(c1)OCCO2. The van der Waals surface area contributed by atoms with E-state index in [1.807, 2.05) is 12.1 Å². The smallest absolute Gasteiger partial charge is 0.161 e. The maximum atomic E-state index is 10.2. The average Bonchev–Trinajstić information content (AvgIpc) is 2.93. The summed E-state index contributed by atoms with van der Waals surface area (Å²) in [5, 5.41) is 23.4. The first-order valence-corrected chi connectivity index (χ1v) is 7.25. The number of benzene rings is 1. The summed E-state index contributed by atoms with van der Waals surface area (Å²) in [6, 6.07) is 5.44. The van der Waals surface area contributed by atoms with Crippen molar-refractivity contribution < 1.29 is 24.4 Å². The van der Waals surface area contributed by atoms with Gasteiger partial charge in [0.05, 0.1) is 12.7 Å². The Morgan fingerprint density at radius 2 is 2.00 bits per heavy atom. The molecule has 116 valence electrons. The van der Waals surface area contributed by atoms with Gasteiger partial charge in [-0.25, -0.2) is 0 Å². The van der Waals surface area contributed by atoms with Gasteiger partial charge in [-0.1, -0.05) is 6.07 Å². The van der Waals surface area contributed by atoms with Crippen LogP contribution in [0.3, 0.4) is 0 Å². The molecule has 2 aliphatic heterocycles. The van der Waals surface area contributed by atoms with E-state index in [9.17, 15) is 10.2 Å². The molecule has 2 unspecified atom stereocenters. The molecule has 6 heteroatoms. The van der Waals surface area contributed by atoms with Crippen molar-refractivity contribution in [2.45, 2.75) is 18.1 Å². The summed E-state index contributed by atoms with van der Waals surface area (Å²) in [6.45, 7) is 2.79. The van der Waals surface area contributed by atoms with E-state index >= 15 is 0 Å². The lowest BCUT2D eigenvalue weighted by Crippen LogP contribution is -2.42. The zero-order chi connectivity index (χ0) is 14.7. The summed E-state index contributed by atoms with van der Waals surface area (Å²) >= 11 is 0. The maximum absolute atomic E-state index is 10.2. The minimum Gasteiger partial charge on any atom is -0.486 e. The van der Waals surface area contributed by atoms with E-state index in [1.165, 1.54) is 0 Å². The molecular formula is C15H21NO5. The second-order valence-electron chi connectivity index (χ2n) is 5.58. The van der Waals surface area contributed by atoms with Crippen LogP contribution in [0.4, 0.5) is 0 Å². The zero-order valence-electron chi connectivity index (χ0n) is 11.9. The molecule has 6 nitrogen and oxygen atoms in total. The van der Waals surface area contributed by atoms with E-state index in [2.05, 4.69) is 5.32 Å². The lowest BCUT2D eigenvalue weighted by atomic mass is 10.0. The quantitative estimate of drug-likeness (QED) is 0.722. The monoisotopic (exact) mass is 295 g/mol. The van der Waals surface area contributed by atoms with Crippen LogP contribution in [0.2, 0.25) is 0 Å². The van der Waals surface area contributed by atoms with Gasteiger partial charge in [-0.05, 0) is 17.7 Å². The fourth-order valence-corrected chi connectivity index (χ4v) is 2.56. The highest BCUT2D eigenvalue weighted by atomic mass is 16.6. The summed E-state index contributed by atoms with van der Waals surface area (Å²) in [5.74, 6) is 1.38. The molecule has 21 heavy (non-hydrogen) atoms. The number of aliphatic hydroxyl groups excluding tert-OH is 1. The molecule has 1 aromatic carbocycles. The van der Waals surface area contributed by atoms with Crippen LogP contribution in [0.1, 0.15) is 18.1 Å². The number of aliphatic hydroxyl groups is 2. The minimum atomic E-state index is -0.813. The zero-order valence-corrected chi connectivity index (χ0v) is 11.9. The predicted molar refractivity (Wildman–Crippen MR) is 75.6 cm³/mol. The van der Waals surface area contributed by atoms with E-state index in [0.717, 1.165) is 5.56 Å². The summed E-state index contributed by atoms with van der Waals surface area (Å²) in [4.78, 5) is 0. The Labute approximate surface area is 123 Å². The molecule has 0 aromatic heterocycles. The third-order valence-corrected chi connectivity index (χ3v) is 3.83. The van der Waals surface area contributed by atoms with Crippen LogP contribution in [0.5, 0.6) is 11.5 Å². The van der Waals surface area contributed by atoms with Gasteiger partial charge in [0.15, 0.2) is 11.5 Å². The van der Waals surface area contributed by atoms with Crippen molar-refractivity contribution in [1.82, 2.24) is 5.32 Å². The van der Waals surface area contributed by atoms with Crippen LogP contribution in [-0.2, 0) is 4.74 Å². The van der Waals surface area contributed by atoms with Gasteiger partial charge < -0.3 is 29.7 Å². The Bertz CT molecular complexity index is 487. The van der Waals surface area contributed by atoms with Crippen molar-refractivity contribution in [3.8, 4) is 11.5 Å². The molecule has 0 saturated carbocycles. The molecule has 1 fully saturated rings. The van der Waals surface area contributed by atoms with Crippen LogP contribution in [0.25, 0.3) is 0 Å². The van der Waals surface area contributed by atoms with E-state index in [4.69, 9.17) is 14.2 Å². The van der Waals surface area contributed by atoms with Crippen molar-refractivity contribution in [2.75, 3.05) is 39.5 Å². The molecule has 3 rings (SSSR count). The Morgan fingerprint density at radius 3 is 2.76 bits per heavy atom. The van der Waals surface area contributed by atoms with Crippen molar-refractivity contribution in [3.05, 3.63) is 23.8 Å². The molecule has 2 heterocycles. The van der Waals surface area contributed by atoms with Crippen molar-refractivity contribution in [1.29, 1.82) is 0 Å². The summed E-state index contributed by atoms with van der Waals surface area (Å²) < 4.78 is 16.1. The Hall–Kier alpha value is -1.34. The molecule has 1 aromatic rings. The normalized spacial score (nSPS) is 25.8. The average molecular weight is 295 g/mol. The second-order valence-corrected chi connectivity index (χ2v) is 5.58. The van der Waals surface area contributed by atoms with Gasteiger partial charge in [-0.3, -0.25) is 0 Å². The third-order valence-electron chi connectivity index (χ3n) is 3.83. The van der Waals surface area contributed by atoms with Crippen LogP contribution in [-0.4, -0.2) is 55.3 Å².